The lowest BCUT2D eigenvalue weighted by atomic mass is 10.2. The third kappa shape index (κ3) is 3.26. The van der Waals surface area contributed by atoms with E-state index in [4.69, 9.17) is 0 Å². The van der Waals surface area contributed by atoms with E-state index in [9.17, 15) is 8.42 Å². The van der Waals surface area contributed by atoms with Crippen LogP contribution in [-0.2, 0) is 17.1 Å². The molecule has 0 radical (unpaired) electrons. The zero-order valence-corrected chi connectivity index (χ0v) is 16.6. The molecule has 0 aliphatic heterocycles. The van der Waals surface area contributed by atoms with Crippen molar-refractivity contribution >= 4 is 43.1 Å². The molecule has 8 heteroatoms. The summed E-state index contributed by atoms with van der Waals surface area (Å²) in [6, 6.07) is 7.28. The molecule has 0 unspecified atom stereocenters. The Balaban J connectivity index is 1.99. The summed E-state index contributed by atoms with van der Waals surface area (Å²) in [6.07, 6.45) is 0. The molecule has 0 aliphatic carbocycles. The molecule has 0 atom stereocenters. The predicted octanol–water partition coefficient (Wildman–Crippen LogP) is 4.33. The minimum absolute atomic E-state index is 0.295. The first-order valence-electron chi connectivity index (χ1n) is 7.14. The molecule has 1 aromatic carbocycles. The Hall–Kier alpha value is -1.64. The first-order valence-corrected chi connectivity index (χ1v) is 10.4. The van der Waals surface area contributed by atoms with E-state index in [1.807, 2.05) is 16.8 Å². The normalized spacial score (nSPS) is 11.7. The minimum Gasteiger partial charge on any atom is -0.264 e. The fourth-order valence-corrected chi connectivity index (χ4v) is 5.49. The smallest absolute Gasteiger partial charge is 0.263 e. The highest BCUT2D eigenvalue weighted by Gasteiger charge is 2.22. The summed E-state index contributed by atoms with van der Waals surface area (Å²) in [6.45, 7) is 3.57. The molecule has 3 rings (SSSR count). The molecule has 126 valence electrons. The van der Waals surface area contributed by atoms with Gasteiger partial charge in [0.15, 0.2) is 0 Å². The van der Waals surface area contributed by atoms with Gasteiger partial charge in [-0.05, 0) is 48.6 Å². The van der Waals surface area contributed by atoms with Gasteiger partial charge in [0.25, 0.3) is 10.0 Å². The number of nitrogens with one attached hydrogen (secondary N) is 1. The van der Waals surface area contributed by atoms with Crippen molar-refractivity contribution in [1.29, 1.82) is 0 Å². The van der Waals surface area contributed by atoms with E-state index in [-0.39, 0.29) is 0 Å². The monoisotopic (exact) mass is 425 g/mol. The molecule has 2 heterocycles. The van der Waals surface area contributed by atoms with Gasteiger partial charge >= 0.3 is 0 Å². The van der Waals surface area contributed by atoms with E-state index >= 15 is 0 Å². The number of anilines is 1. The summed E-state index contributed by atoms with van der Waals surface area (Å²) in [5.41, 5.74) is 3.09. The number of rotatable bonds is 4. The SMILES string of the molecule is Cc1cc(Br)cc(C)c1S(=O)(=O)Nc1cc(-c2ccsc2)nn1C. The summed E-state index contributed by atoms with van der Waals surface area (Å²) in [7, 11) is -1.98. The highest BCUT2D eigenvalue weighted by atomic mass is 79.9. The van der Waals surface area contributed by atoms with Crippen LogP contribution in [0.4, 0.5) is 5.82 Å². The van der Waals surface area contributed by atoms with Gasteiger partial charge in [0.1, 0.15) is 5.82 Å². The highest BCUT2D eigenvalue weighted by molar-refractivity contribution is 9.10. The Bertz CT molecular complexity index is 970. The van der Waals surface area contributed by atoms with Gasteiger partial charge < -0.3 is 0 Å². The molecular formula is C16H16BrN3O2S2. The number of aryl methyl sites for hydroxylation is 3. The Morgan fingerprint density at radius 3 is 2.46 bits per heavy atom. The van der Waals surface area contributed by atoms with Gasteiger partial charge in [-0.15, -0.1) is 0 Å². The average molecular weight is 426 g/mol. The highest BCUT2D eigenvalue weighted by Crippen LogP contribution is 2.28. The van der Waals surface area contributed by atoms with Crippen molar-refractivity contribution in [3.8, 4) is 11.3 Å². The average Bonchev–Trinajstić information content (AvgIpc) is 3.07. The van der Waals surface area contributed by atoms with Crippen molar-refractivity contribution in [3.05, 3.63) is 50.6 Å². The Kier molecular flexibility index (Phi) is 4.54. The van der Waals surface area contributed by atoms with Crippen LogP contribution in [0.25, 0.3) is 11.3 Å². The Morgan fingerprint density at radius 2 is 1.88 bits per heavy atom. The summed E-state index contributed by atoms with van der Waals surface area (Å²) in [5, 5.41) is 8.32. The zero-order valence-electron chi connectivity index (χ0n) is 13.4. The largest absolute Gasteiger partial charge is 0.264 e. The summed E-state index contributed by atoms with van der Waals surface area (Å²) in [4.78, 5) is 0.295. The van der Waals surface area contributed by atoms with Gasteiger partial charge in [-0.2, -0.15) is 16.4 Å². The Labute approximate surface area is 153 Å². The number of nitrogens with zero attached hydrogens (tertiary/aromatic N) is 2. The number of hydrogen-bond acceptors (Lipinski definition) is 4. The van der Waals surface area contributed by atoms with E-state index in [2.05, 4.69) is 25.8 Å². The first-order chi connectivity index (χ1) is 11.3. The van der Waals surface area contributed by atoms with Crippen LogP contribution in [0.5, 0.6) is 0 Å². The second-order valence-corrected chi connectivity index (χ2v) is 8.84. The molecule has 0 amide bonds. The molecule has 1 N–H and O–H groups in total. The number of halogens is 1. The number of hydrogen-bond donors (Lipinski definition) is 1. The number of thiophene rings is 1. The topological polar surface area (TPSA) is 64.0 Å². The van der Waals surface area contributed by atoms with E-state index < -0.39 is 10.0 Å². The lowest BCUT2D eigenvalue weighted by Gasteiger charge is -2.13. The number of benzene rings is 1. The van der Waals surface area contributed by atoms with Crippen LogP contribution in [-0.4, -0.2) is 18.2 Å². The van der Waals surface area contributed by atoms with Gasteiger partial charge in [0.2, 0.25) is 0 Å². The van der Waals surface area contributed by atoms with Crippen LogP contribution >= 0.6 is 27.3 Å². The van der Waals surface area contributed by atoms with E-state index in [1.54, 1.807) is 50.4 Å². The van der Waals surface area contributed by atoms with Crippen LogP contribution < -0.4 is 4.72 Å². The molecule has 5 nitrogen and oxygen atoms in total. The Morgan fingerprint density at radius 1 is 1.21 bits per heavy atom. The lowest BCUT2D eigenvalue weighted by Crippen LogP contribution is -2.17. The van der Waals surface area contributed by atoms with E-state index in [0.29, 0.717) is 21.8 Å². The maximum atomic E-state index is 12.8. The van der Waals surface area contributed by atoms with Gasteiger partial charge in [-0.1, -0.05) is 15.9 Å². The standard InChI is InChI=1S/C16H16BrN3O2S2/c1-10-6-13(17)7-11(2)16(10)24(21,22)19-15-8-14(18-20(15)3)12-4-5-23-9-12/h4-9,19H,1-3H3. The zero-order chi connectivity index (χ0) is 17.5. The molecule has 0 spiro atoms. The van der Waals surface area contributed by atoms with Crippen molar-refractivity contribution in [1.82, 2.24) is 9.78 Å². The van der Waals surface area contributed by atoms with E-state index in [1.165, 1.54) is 4.68 Å². The second kappa shape index (κ2) is 6.34. The predicted molar refractivity (Wildman–Crippen MR) is 101 cm³/mol. The first kappa shape index (κ1) is 17.2. The lowest BCUT2D eigenvalue weighted by molar-refractivity contribution is 0.599. The molecule has 0 bridgehead atoms. The summed E-state index contributed by atoms with van der Waals surface area (Å²) in [5.74, 6) is 0.429. The van der Waals surface area contributed by atoms with Gasteiger partial charge in [0, 0.05) is 28.5 Å². The number of sulfonamides is 1. The molecular weight excluding hydrogens is 410 g/mol. The maximum absolute atomic E-state index is 12.8. The van der Waals surface area contributed by atoms with Crippen LogP contribution in [0.1, 0.15) is 11.1 Å². The fourth-order valence-electron chi connectivity index (χ4n) is 2.62. The van der Waals surface area contributed by atoms with Gasteiger partial charge in [-0.25, -0.2) is 8.42 Å². The van der Waals surface area contributed by atoms with Gasteiger partial charge in [-0.3, -0.25) is 9.40 Å². The minimum atomic E-state index is -3.70. The summed E-state index contributed by atoms with van der Waals surface area (Å²) >= 11 is 4.96. The van der Waals surface area contributed by atoms with Crippen LogP contribution in [0.3, 0.4) is 0 Å². The van der Waals surface area contributed by atoms with Gasteiger partial charge in [0.05, 0.1) is 10.6 Å². The van der Waals surface area contributed by atoms with Crippen molar-refractivity contribution in [2.75, 3.05) is 4.72 Å². The molecule has 24 heavy (non-hydrogen) atoms. The third-order valence-electron chi connectivity index (χ3n) is 3.63. The van der Waals surface area contributed by atoms with Crippen molar-refractivity contribution in [3.63, 3.8) is 0 Å². The molecule has 3 aromatic rings. The number of aromatic nitrogens is 2. The van der Waals surface area contributed by atoms with Crippen LogP contribution in [0, 0.1) is 13.8 Å². The maximum Gasteiger partial charge on any atom is 0.263 e. The molecule has 0 saturated carbocycles. The quantitative estimate of drug-likeness (QED) is 0.676. The molecule has 0 aliphatic rings. The molecule has 0 fully saturated rings. The molecule has 0 saturated heterocycles. The van der Waals surface area contributed by atoms with E-state index in [0.717, 1.165) is 15.7 Å². The molecule has 2 aromatic heterocycles. The third-order valence-corrected chi connectivity index (χ3v) is 6.43. The summed E-state index contributed by atoms with van der Waals surface area (Å²) < 4.78 is 30.7. The van der Waals surface area contributed by atoms with Crippen LogP contribution in [0.15, 0.2) is 44.4 Å². The van der Waals surface area contributed by atoms with Crippen molar-refractivity contribution in [2.24, 2.45) is 7.05 Å². The van der Waals surface area contributed by atoms with Crippen molar-refractivity contribution in [2.45, 2.75) is 18.7 Å². The second-order valence-electron chi connectivity index (χ2n) is 5.52. The van der Waals surface area contributed by atoms with Crippen LogP contribution in [0.2, 0.25) is 0 Å². The fraction of sp³-hybridized carbons (Fsp3) is 0.188. The van der Waals surface area contributed by atoms with Crippen molar-refractivity contribution < 1.29 is 8.42 Å².